The van der Waals surface area contributed by atoms with Gasteiger partial charge in [0.1, 0.15) is 0 Å². The summed E-state index contributed by atoms with van der Waals surface area (Å²) in [6, 6.07) is 72.9. The summed E-state index contributed by atoms with van der Waals surface area (Å²) >= 11 is 0. The Morgan fingerprint density at radius 2 is 0.789 bits per heavy atom. The summed E-state index contributed by atoms with van der Waals surface area (Å²) in [4.78, 5) is 15.1. The van der Waals surface area contributed by atoms with Gasteiger partial charge in [0.05, 0.1) is 11.0 Å². The Morgan fingerprint density at radius 1 is 0.298 bits per heavy atom. The third-order valence-corrected chi connectivity index (χ3v) is 11.0. The van der Waals surface area contributed by atoms with Gasteiger partial charge in [-0.1, -0.05) is 182 Å². The van der Waals surface area contributed by atoms with Crippen molar-refractivity contribution >= 4 is 43.4 Å². The highest BCUT2D eigenvalue weighted by atomic mass is 15.0. The first-order chi connectivity index (χ1) is 28.2. The van der Waals surface area contributed by atoms with E-state index in [4.69, 9.17) is 15.0 Å². The van der Waals surface area contributed by atoms with Crippen molar-refractivity contribution < 1.29 is 0 Å². The molecule has 9 aromatic carbocycles. The molecule has 266 valence electrons. The topological polar surface area (TPSA) is 43.6 Å². The summed E-state index contributed by atoms with van der Waals surface area (Å²) in [5.74, 6) is 1.91. The standard InChI is InChI=1S/C53H34N4/c1-3-13-35(14-4-1)36-25-27-40(28-26-36)52-54-51(39-17-5-2-6-18-39)55-53(56-52)43-21-11-19-41(33-43)42-20-12-22-44(34-42)57-48-32-30-37-15-7-9-23-45(37)49(48)47-31-29-38-16-8-10-24-46(38)50(47)57/h1-34H. The molecule has 4 heteroatoms. The van der Waals surface area contributed by atoms with Crippen LogP contribution in [-0.4, -0.2) is 19.5 Å². The second kappa shape index (κ2) is 13.6. The van der Waals surface area contributed by atoms with E-state index in [1.165, 1.54) is 48.9 Å². The minimum Gasteiger partial charge on any atom is -0.309 e. The molecule has 0 aliphatic heterocycles. The number of hydrogen-bond acceptors (Lipinski definition) is 3. The first-order valence-electron chi connectivity index (χ1n) is 19.3. The fourth-order valence-corrected chi connectivity index (χ4v) is 8.27. The normalized spacial score (nSPS) is 11.5. The number of fused-ring (bicyclic) bond motifs is 7. The Hall–Kier alpha value is -7.69. The van der Waals surface area contributed by atoms with E-state index < -0.39 is 0 Å². The maximum absolute atomic E-state index is 5.09. The smallest absolute Gasteiger partial charge is 0.164 e. The average Bonchev–Trinajstić information content (AvgIpc) is 3.65. The first-order valence-corrected chi connectivity index (χ1v) is 19.3. The van der Waals surface area contributed by atoms with E-state index in [0.29, 0.717) is 17.5 Å². The molecule has 0 saturated carbocycles. The van der Waals surface area contributed by atoms with Gasteiger partial charge < -0.3 is 4.57 Å². The van der Waals surface area contributed by atoms with Gasteiger partial charge in [0, 0.05) is 38.5 Å². The Kier molecular flexibility index (Phi) is 7.78. The molecule has 11 rings (SSSR count). The highest BCUT2D eigenvalue weighted by Gasteiger charge is 2.18. The van der Waals surface area contributed by atoms with Crippen LogP contribution in [0.2, 0.25) is 0 Å². The van der Waals surface area contributed by atoms with Crippen molar-refractivity contribution in [1.29, 1.82) is 0 Å². The molecule has 0 amide bonds. The van der Waals surface area contributed by atoms with Crippen molar-refractivity contribution in [2.75, 3.05) is 0 Å². The fourth-order valence-electron chi connectivity index (χ4n) is 8.27. The van der Waals surface area contributed by atoms with Crippen molar-refractivity contribution in [2.45, 2.75) is 0 Å². The molecule has 0 aliphatic rings. The molecule has 0 unspecified atom stereocenters. The first kappa shape index (κ1) is 32.7. The maximum atomic E-state index is 5.09. The molecule has 0 N–H and O–H groups in total. The average molecular weight is 727 g/mol. The highest BCUT2D eigenvalue weighted by molar-refractivity contribution is 6.26. The van der Waals surface area contributed by atoms with Crippen LogP contribution in [0.15, 0.2) is 206 Å². The molecule has 11 aromatic rings. The van der Waals surface area contributed by atoms with Gasteiger partial charge in [-0.25, -0.2) is 15.0 Å². The van der Waals surface area contributed by atoms with Crippen molar-refractivity contribution in [1.82, 2.24) is 19.5 Å². The van der Waals surface area contributed by atoms with Gasteiger partial charge in [-0.3, -0.25) is 0 Å². The molecule has 0 bridgehead atoms. The highest BCUT2D eigenvalue weighted by Crippen LogP contribution is 2.41. The van der Waals surface area contributed by atoms with E-state index in [-0.39, 0.29) is 0 Å². The minimum atomic E-state index is 0.629. The summed E-state index contributed by atoms with van der Waals surface area (Å²) in [5.41, 5.74) is 10.8. The zero-order valence-corrected chi connectivity index (χ0v) is 30.9. The zero-order chi connectivity index (χ0) is 37.7. The van der Waals surface area contributed by atoms with Gasteiger partial charge in [0.2, 0.25) is 0 Å². The summed E-state index contributed by atoms with van der Waals surface area (Å²) in [7, 11) is 0. The maximum Gasteiger partial charge on any atom is 0.164 e. The van der Waals surface area contributed by atoms with Gasteiger partial charge in [0.15, 0.2) is 17.5 Å². The van der Waals surface area contributed by atoms with Gasteiger partial charge in [0.25, 0.3) is 0 Å². The zero-order valence-electron chi connectivity index (χ0n) is 30.9. The van der Waals surface area contributed by atoms with Gasteiger partial charge in [-0.15, -0.1) is 0 Å². The molecular weight excluding hydrogens is 693 g/mol. The molecule has 0 radical (unpaired) electrons. The van der Waals surface area contributed by atoms with Crippen molar-refractivity contribution in [3.8, 4) is 62.1 Å². The van der Waals surface area contributed by atoms with Gasteiger partial charge >= 0.3 is 0 Å². The number of nitrogens with zero attached hydrogens (tertiary/aromatic N) is 4. The SMILES string of the molecule is c1ccc(-c2ccc(-c3nc(-c4ccccc4)nc(-c4cccc(-c5cccc(-n6c7ccc8ccccc8c7c7ccc8ccccc8c76)c5)c4)n3)cc2)cc1. The molecule has 4 nitrogen and oxygen atoms in total. The van der Waals surface area contributed by atoms with E-state index in [0.717, 1.165) is 39.1 Å². The van der Waals surface area contributed by atoms with Crippen LogP contribution >= 0.6 is 0 Å². The predicted octanol–water partition coefficient (Wildman–Crippen LogP) is 13.6. The molecule has 2 aromatic heterocycles. The molecule has 0 atom stereocenters. The second-order valence-corrected chi connectivity index (χ2v) is 14.4. The summed E-state index contributed by atoms with van der Waals surface area (Å²) in [6.07, 6.45) is 0. The molecule has 0 saturated heterocycles. The third kappa shape index (κ3) is 5.74. The molecule has 0 fully saturated rings. The largest absolute Gasteiger partial charge is 0.309 e. The summed E-state index contributed by atoms with van der Waals surface area (Å²) < 4.78 is 2.44. The quantitative estimate of drug-likeness (QED) is 0.171. The molecular formula is C53H34N4. The van der Waals surface area contributed by atoms with Crippen molar-refractivity contribution in [3.05, 3.63) is 206 Å². The van der Waals surface area contributed by atoms with Crippen LogP contribution in [0, 0.1) is 0 Å². The van der Waals surface area contributed by atoms with E-state index in [1.54, 1.807) is 0 Å². The Morgan fingerprint density at radius 3 is 1.53 bits per heavy atom. The lowest BCUT2D eigenvalue weighted by atomic mass is 10.0. The second-order valence-electron chi connectivity index (χ2n) is 14.4. The molecule has 2 heterocycles. The van der Waals surface area contributed by atoms with Crippen LogP contribution in [0.3, 0.4) is 0 Å². The summed E-state index contributed by atoms with van der Waals surface area (Å²) in [6.45, 7) is 0. The van der Waals surface area contributed by atoms with Crippen LogP contribution in [0.4, 0.5) is 0 Å². The number of aromatic nitrogens is 4. The lowest BCUT2D eigenvalue weighted by Crippen LogP contribution is -2.00. The minimum absolute atomic E-state index is 0.629. The van der Waals surface area contributed by atoms with E-state index in [1.807, 2.05) is 36.4 Å². The van der Waals surface area contributed by atoms with E-state index in [2.05, 4.69) is 174 Å². The lowest BCUT2D eigenvalue weighted by molar-refractivity contribution is 1.07. The molecule has 0 spiro atoms. The van der Waals surface area contributed by atoms with Crippen LogP contribution < -0.4 is 0 Å². The number of hydrogen-bond donors (Lipinski definition) is 0. The fraction of sp³-hybridized carbons (Fsp3) is 0. The Labute approximate surface area is 330 Å². The molecule has 0 aliphatic carbocycles. The van der Waals surface area contributed by atoms with Gasteiger partial charge in [-0.05, 0) is 62.7 Å². The van der Waals surface area contributed by atoms with Crippen LogP contribution in [0.25, 0.3) is 105 Å². The van der Waals surface area contributed by atoms with Crippen molar-refractivity contribution in [3.63, 3.8) is 0 Å². The monoisotopic (exact) mass is 726 g/mol. The molecule has 57 heavy (non-hydrogen) atoms. The van der Waals surface area contributed by atoms with Crippen LogP contribution in [-0.2, 0) is 0 Å². The summed E-state index contributed by atoms with van der Waals surface area (Å²) in [5, 5.41) is 7.48. The van der Waals surface area contributed by atoms with Crippen LogP contribution in [0.1, 0.15) is 0 Å². The van der Waals surface area contributed by atoms with Crippen LogP contribution in [0.5, 0.6) is 0 Å². The van der Waals surface area contributed by atoms with E-state index in [9.17, 15) is 0 Å². The number of rotatable bonds is 6. The number of benzene rings is 9. The van der Waals surface area contributed by atoms with E-state index >= 15 is 0 Å². The van der Waals surface area contributed by atoms with Crippen molar-refractivity contribution in [2.24, 2.45) is 0 Å². The Balaban J connectivity index is 1.04. The predicted molar refractivity (Wildman–Crippen MR) is 236 cm³/mol. The lowest BCUT2D eigenvalue weighted by Gasteiger charge is -2.13. The third-order valence-electron chi connectivity index (χ3n) is 11.0. The Bertz CT molecular complexity index is 3280. The van der Waals surface area contributed by atoms with Gasteiger partial charge in [-0.2, -0.15) is 0 Å².